The molecule has 0 saturated heterocycles. The molecule has 0 bridgehead atoms. The van der Waals surface area contributed by atoms with E-state index in [9.17, 15) is 9.18 Å². The molecule has 0 radical (unpaired) electrons. The van der Waals surface area contributed by atoms with Gasteiger partial charge in [-0.2, -0.15) is 0 Å². The number of ketones is 1. The molecule has 0 aliphatic carbocycles. The molecule has 0 aliphatic rings. The summed E-state index contributed by atoms with van der Waals surface area (Å²) in [7, 11) is 3.13. The van der Waals surface area contributed by atoms with Gasteiger partial charge in [0.05, 0.1) is 14.2 Å². The number of allylic oxidation sites excluding steroid dienone is 1. The second-order valence-corrected chi connectivity index (χ2v) is 6.45. The summed E-state index contributed by atoms with van der Waals surface area (Å²) in [5.41, 5.74) is 2.80. The van der Waals surface area contributed by atoms with Crippen molar-refractivity contribution < 1.29 is 18.7 Å². The van der Waals surface area contributed by atoms with Gasteiger partial charge < -0.3 is 9.47 Å². The van der Waals surface area contributed by atoms with Crippen molar-refractivity contribution in [2.45, 2.75) is 0 Å². The van der Waals surface area contributed by atoms with E-state index in [1.807, 2.05) is 24.3 Å². The summed E-state index contributed by atoms with van der Waals surface area (Å²) in [4.78, 5) is 12.3. The highest BCUT2D eigenvalue weighted by molar-refractivity contribution is 6.30. The molecule has 3 rings (SSSR count). The first kappa shape index (κ1) is 19.6. The Labute approximate surface area is 168 Å². The van der Waals surface area contributed by atoms with Gasteiger partial charge in [0.15, 0.2) is 5.78 Å². The average molecular weight is 397 g/mol. The summed E-state index contributed by atoms with van der Waals surface area (Å²) in [6, 6.07) is 16.5. The van der Waals surface area contributed by atoms with Crippen LogP contribution in [0.1, 0.15) is 15.9 Å². The summed E-state index contributed by atoms with van der Waals surface area (Å²) in [5.74, 6) is 0.583. The van der Waals surface area contributed by atoms with E-state index in [2.05, 4.69) is 0 Å². The number of ether oxygens (including phenoxy) is 2. The predicted octanol–water partition coefficient (Wildman–Crippen LogP) is 6.06. The van der Waals surface area contributed by atoms with Gasteiger partial charge in [0.2, 0.25) is 0 Å². The molecule has 0 fully saturated rings. The number of methoxy groups -OCH3 is 2. The van der Waals surface area contributed by atoms with Crippen molar-refractivity contribution in [2.75, 3.05) is 14.2 Å². The van der Waals surface area contributed by atoms with Gasteiger partial charge in [-0.1, -0.05) is 23.7 Å². The Hall–Kier alpha value is -3.11. The number of halogens is 2. The minimum atomic E-state index is -0.386. The van der Waals surface area contributed by atoms with Gasteiger partial charge in [-0.3, -0.25) is 4.79 Å². The molecule has 3 aromatic carbocycles. The Bertz CT molecular complexity index is 1030. The van der Waals surface area contributed by atoms with E-state index >= 15 is 0 Å². The van der Waals surface area contributed by atoms with Crippen LogP contribution in [0.4, 0.5) is 4.39 Å². The number of rotatable bonds is 6. The van der Waals surface area contributed by atoms with Crippen LogP contribution in [-0.2, 0) is 0 Å². The number of carbonyl (C=O) groups excluding carboxylic acids is 1. The summed E-state index contributed by atoms with van der Waals surface area (Å²) in [6.45, 7) is 0. The highest BCUT2D eigenvalue weighted by Crippen LogP contribution is 2.37. The van der Waals surface area contributed by atoms with E-state index in [4.69, 9.17) is 21.1 Å². The van der Waals surface area contributed by atoms with Crippen LogP contribution >= 0.6 is 11.6 Å². The van der Waals surface area contributed by atoms with Crippen LogP contribution in [0, 0.1) is 5.82 Å². The standard InChI is InChI=1S/C23H18ClFO3/c1-27-22-14-20(16-4-3-5-18(24)12-16)23(28-2)13-17(22)8-11-21(26)15-6-9-19(25)10-7-15/h3-14H,1-2H3/b11-8+. The van der Waals surface area contributed by atoms with Gasteiger partial charge in [-0.25, -0.2) is 4.39 Å². The second-order valence-electron chi connectivity index (χ2n) is 6.01. The summed E-state index contributed by atoms with van der Waals surface area (Å²) >= 11 is 6.10. The number of hydrogen-bond donors (Lipinski definition) is 0. The van der Waals surface area contributed by atoms with Crippen molar-refractivity contribution in [1.82, 2.24) is 0 Å². The minimum absolute atomic E-state index is 0.236. The van der Waals surface area contributed by atoms with Crippen LogP contribution < -0.4 is 9.47 Å². The van der Waals surface area contributed by atoms with Crippen molar-refractivity contribution in [3.05, 3.63) is 88.7 Å². The molecular formula is C23H18ClFO3. The van der Waals surface area contributed by atoms with Crippen molar-refractivity contribution in [2.24, 2.45) is 0 Å². The molecule has 0 N–H and O–H groups in total. The van der Waals surface area contributed by atoms with E-state index in [0.29, 0.717) is 27.6 Å². The zero-order chi connectivity index (χ0) is 20.1. The Morgan fingerprint density at radius 3 is 2.32 bits per heavy atom. The Kier molecular flexibility index (Phi) is 6.12. The van der Waals surface area contributed by atoms with Crippen LogP contribution in [0.5, 0.6) is 11.5 Å². The van der Waals surface area contributed by atoms with Crippen molar-refractivity contribution in [1.29, 1.82) is 0 Å². The van der Waals surface area contributed by atoms with Gasteiger partial charge >= 0.3 is 0 Å². The Morgan fingerprint density at radius 1 is 0.964 bits per heavy atom. The lowest BCUT2D eigenvalue weighted by molar-refractivity contribution is 0.104. The Morgan fingerprint density at radius 2 is 1.68 bits per heavy atom. The van der Waals surface area contributed by atoms with Crippen molar-refractivity contribution >= 4 is 23.5 Å². The van der Waals surface area contributed by atoms with Gasteiger partial charge in [-0.05, 0) is 66.2 Å². The van der Waals surface area contributed by atoms with Gasteiger partial charge in [-0.15, -0.1) is 0 Å². The maximum absolute atomic E-state index is 13.0. The quantitative estimate of drug-likeness (QED) is 0.375. The third kappa shape index (κ3) is 4.41. The Balaban J connectivity index is 1.97. The molecule has 28 heavy (non-hydrogen) atoms. The number of carbonyl (C=O) groups is 1. The molecule has 0 aromatic heterocycles. The SMILES string of the molecule is COc1cc(-c2cccc(Cl)c2)c(OC)cc1/C=C/C(=O)c1ccc(F)cc1. The fourth-order valence-corrected chi connectivity index (χ4v) is 3.00. The highest BCUT2D eigenvalue weighted by Gasteiger charge is 2.12. The van der Waals surface area contributed by atoms with Crippen LogP contribution in [0.2, 0.25) is 5.02 Å². The molecule has 0 unspecified atom stereocenters. The maximum Gasteiger partial charge on any atom is 0.185 e. The smallest absolute Gasteiger partial charge is 0.185 e. The first-order valence-corrected chi connectivity index (χ1v) is 8.89. The van der Waals surface area contributed by atoms with Crippen LogP contribution in [-0.4, -0.2) is 20.0 Å². The number of hydrogen-bond acceptors (Lipinski definition) is 3. The molecule has 0 spiro atoms. The fraction of sp³-hybridized carbons (Fsp3) is 0.0870. The third-order valence-electron chi connectivity index (χ3n) is 4.23. The molecule has 3 aromatic rings. The first-order valence-electron chi connectivity index (χ1n) is 8.51. The van der Waals surface area contributed by atoms with E-state index in [0.717, 1.165) is 11.1 Å². The number of benzene rings is 3. The van der Waals surface area contributed by atoms with E-state index in [-0.39, 0.29) is 11.6 Å². The van der Waals surface area contributed by atoms with Crippen molar-refractivity contribution in [3.63, 3.8) is 0 Å². The molecule has 5 heteroatoms. The molecule has 0 heterocycles. The summed E-state index contributed by atoms with van der Waals surface area (Å²) in [5, 5.41) is 0.618. The van der Waals surface area contributed by atoms with Gasteiger partial charge in [0.25, 0.3) is 0 Å². The molecule has 0 amide bonds. The normalized spacial score (nSPS) is 10.9. The highest BCUT2D eigenvalue weighted by atomic mass is 35.5. The molecular weight excluding hydrogens is 379 g/mol. The summed E-state index contributed by atoms with van der Waals surface area (Å²) < 4.78 is 24.0. The molecule has 142 valence electrons. The lowest BCUT2D eigenvalue weighted by Gasteiger charge is -2.14. The summed E-state index contributed by atoms with van der Waals surface area (Å²) in [6.07, 6.45) is 3.07. The maximum atomic E-state index is 13.0. The minimum Gasteiger partial charge on any atom is -0.496 e. The molecule has 0 aliphatic heterocycles. The third-order valence-corrected chi connectivity index (χ3v) is 4.47. The second kappa shape index (κ2) is 8.72. The van der Waals surface area contributed by atoms with E-state index in [1.54, 1.807) is 32.4 Å². The predicted molar refractivity (Wildman–Crippen MR) is 110 cm³/mol. The molecule has 0 atom stereocenters. The van der Waals surface area contributed by atoms with Crippen LogP contribution in [0.15, 0.2) is 66.7 Å². The zero-order valence-electron chi connectivity index (χ0n) is 15.4. The topological polar surface area (TPSA) is 35.5 Å². The van der Waals surface area contributed by atoms with Crippen LogP contribution in [0.25, 0.3) is 17.2 Å². The van der Waals surface area contributed by atoms with Crippen molar-refractivity contribution in [3.8, 4) is 22.6 Å². The largest absolute Gasteiger partial charge is 0.496 e. The fourth-order valence-electron chi connectivity index (χ4n) is 2.81. The first-order chi connectivity index (χ1) is 13.5. The lowest BCUT2D eigenvalue weighted by Crippen LogP contribution is -1.96. The van der Waals surface area contributed by atoms with E-state index in [1.165, 1.54) is 30.3 Å². The lowest BCUT2D eigenvalue weighted by atomic mass is 10.0. The molecule has 3 nitrogen and oxygen atoms in total. The average Bonchev–Trinajstić information content (AvgIpc) is 2.71. The zero-order valence-corrected chi connectivity index (χ0v) is 16.2. The van der Waals surface area contributed by atoms with Gasteiger partial charge in [0.1, 0.15) is 17.3 Å². The monoisotopic (exact) mass is 396 g/mol. The van der Waals surface area contributed by atoms with Crippen LogP contribution in [0.3, 0.4) is 0 Å². The van der Waals surface area contributed by atoms with E-state index < -0.39 is 0 Å². The molecule has 0 saturated carbocycles. The van der Waals surface area contributed by atoms with Gasteiger partial charge in [0, 0.05) is 21.7 Å².